The van der Waals surface area contributed by atoms with E-state index in [0.29, 0.717) is 56.7 Å². The molecule has 8 nitrogen and oxygen atoms in total. The zero-order valence-corrected chi connectivity index (χ0v) is 25.9. The number of ether oxygens (including phenoxy) is 1. The molecule has 7 rings (SSSR count). The van der Waals surface area contributed by atoms with E-state index in [4.69, 9.17) is 26.3 Å². The first-order chi connectivity index (χ1) is 20.0. The van der Waals surface area contributed by atoms with E-state index in [-0.39, 0.29) is 18.2 Å². The number of allylic oxidation sites excluding steroid dienone is 1. The number of halogens is 1. The molecule has 0 amide bonds. The number of aliphatic imine (C=N–C) groups is 1. The molecule has 3 aliphatic carbocycles. The second-order valence-corrected chi connectivity index (χ2v) is 13.3. The molecule has 0 radical (unpaired) electrons. The van der Waals surface area contributed by atoms with E-state index in [2.05, 4.69) is 49.8 Å². The Hall–Kier alpha value is -3.36. The Balaban J connectivity index is 1.29. The van der Waals surface area contributed by atoms with Crippen molar-refractivity contribution in [2.45, 2.75) is 52.8 Å². The lowest BCUT2D eigenvalue weighted by Gasteiger charge is -2.63. The van der Waals surface area contributed by atoms with Crippen LogP contribution in [-0.4, -0.2) is 52.1 Å². The highest BCUT2D eigenvalue weighted by molar-refractivity contribution is 6.30. The fourth-order valence-corrected chi connectivity index (χ4v) is 7.54. The normalized spacial score (nSPS) is 27.1. The van der Waals surface area contributed by atoms with Crippen LogP contribution in [0, 0.1) is 23.2 Å². The minimum Gasteiger partial charge on any atom is -0.486 e. The van der Waals surface area contributed by atoms with Crippen molar-refractivity contribution in [2.24, 2.45) is 35.2 Å². The Morgan fingerprint density at radius 3 is 2.69 bits per heavy atom. The van der Waals surface area contributed by atoms with E-state index in [1.165, 1.54) is 5.57 Å². The summed E-state index contributed by atoms with van der Waals surface area (Å²) in [6, 6.07) is 13.5. The fraction of sp³-hybridized carbons (Fsp3) is 0.485. The number of rotatable bonds is 5. The molecule has 1 saturated heterocycles. The lowest BCUT2D eigenvalue weighted by molar-refractivity contribution is -0.0379. The number of fused-ring (bicyclic) bond motifs is 3. The van der Waals surface area contributed by atoms with Crippen molar-refractivity contribution in [3.63, 3.8) is 0 Å². The number of piperazine rings is 1. The van der Waals surface area contributed by atoms with E-state index in [9.17, 15) is 4.79 Å². The summed E-state index contributed by atoms with van der Waals surface area (Å²) in [6.45, 7) is 16.5. The summed E-state index contributed by atoms with van der Waals surface area (Å²) >= 11 is 6.00. The predicted molar refractivity (Wildman–Crippen MR) is 170 cm³/mol. The third-order valence-corrected chi connectivity index (χ3v) is 9.97. The van der Waals surface area contributed by atoms with Crippen molar-refractivity contribution >= 4 is 34.2 Å². The van der Waals surface area contributed by atoms with E-state index >= 15 is 0 Å². The Bertz CT molecular complexity index is 1600. The molecule has 1 unspecified atom stereocenters. The highest BCUT2D eigenvalue weighted by atomic mass is 35.5. The molecule has 4 fully saturated rings. The number of benzene rings is 2. The van der Waals surface area contributed by atoms with Crippen LogP contribution in [0.5, 0.6) is 5.75 Å². The van der Waals surface area contributed by atoms with Crippen molar-refractivity contribution in [1.82, 2.24) is 19.8 Å². The minimum absolute atomic E-state index is 0.107. The molecule has 9 heteroatoms. The van der Waals surface area contributed by atoms with Crippen molar-refractivity contribution < 1.29 is 4.74 Å². The van der Waals surface area contributed by atoms with Gasteiger partial charge in [0.1, 0.15) is 18.2 Å². The predicted octanol–water partition coefficient (Wildman–Crippen LogP) is 5.46. The summed E-state index contributed by atoms with van der Waals surface area (Å²) in [4.78, 5) is 25.8. The summed E-state index contributed by atoms with van der Waals surface area (Å²) in [5, 5.41) is 8.39. The smallest absolute Gasteiger partial charge is 0.261 e. The third-order valence-electron chi connectivity index (χ3n) is 9.72. The van der Waals surface area contributed by atoms with Gasteiger partial charge in [0.15, 0.2) is 5.96 Å². The molecule has 4 aliphatic rings. The number of anilines is 1. The second kappa shape index (κ2) is 11.0. The van der Waals surface area contributed by atoms with Gasteiger partial charge in [-0.1, -0.05) is 44.5 Å². The SMILES string of the molecule is C=C1[C@@H]2CC(N=C(Nc3ccc4c(=O)n(C)c(COc5ccc(Cl)cc5)nc4c3)N3CCN[C@@H](C)C3)[C@@H](C)[C@H]1C2(C)C. The van der Waals surface area contributed by atoms with Crippen LogP contribution in [0.1, 0.15) is 39.9 Å². The van der Waals surface area contributed by atoms with Gasteiger partial charge in [0, 0.05) is 43.4 Å². The average Bonchev–Trinajstić information content (AvgIpc) is 2.95. The Labute approximate surface area is 252 Å². The molecule has 3 aromatic rings. The largest absolute Gasteiger partial charge is 0.486 e. The number of aromatic nitrogens is 2. The molecule has 2 heterocycles. The Morgan fingerprint density at radius 2 is 2.00 bits per heavy atom. The van der Waals surface area contributed by atoms with Crippen molar-refractivity contribution in [3.8, 4) is 5.75 Å². The molecular formula is C33H41ClN6O2. The van der Waals surface area contributed by atoms with Gasteiger partial charge in [-0.3, -0.25) is 9.36 Å². The molecule has 2 N–H and O–H groups in total. The van der Waals surface area contributed by atoms with E-state index < -0.39 is 0 Å². The monoisotopic (exact) mass is 588 g/mol. The Kier molecular flexibility index (Phi) is 7.56. The van der Waals surface area contributed by atoms with Gasteiger partial charge in [0.2, 0.25) is 0 Å². The molecule has 2 aromatic carbocycles. The maximum absolute atomic E-state index is 13.2. The minimum atomic E-state index is -0.107. The number of hydrogen-bond donors (Lipinski definition) is 2. The van der Waals surface area contributed by atoms with Crippen LogP contribution >= 0.6 is 11.6 Å². The van der Waals surface area contributed by atoms with Gasteiger partial charge >= 0.3 is 0 Å². The quantitative estimate of drug-likeness (QED) is 0.234. The first-order valence-corrected chi connectivity index (χ1v) is 15.3. The number of nitrogens with zero attached hydrogens (tertiary/aromatic N) is 4. The van der Waals surface area contributed by atoms with Gasteiger partial charge in [-0.25, -0.2) is 9.98 Å². The Morgan fingerprint density at radius 1 is 1.24 bits per heavy atom. The lowest BCUT2D eigenvalue weighted by atomic mass is 9.42. The van der Waals surface area contributed by atoms with Gasteiger partial charge in [0.05, 0.1) is 16.9 Å². The molecule has 1 aliphatic heterocycles. The molecule has 1 aromatic heterocycles. The van der Waals surface area contributed by atoms with Crippen molar-refractivity contribution in [1.29, 1.82) is 0 Å². The number of guanidine groups is 1. The molecule has 5 atom stereocenters. The van der Waals surface area contributed by atoms with Crippen LogP contribution in [0.25, 0.3) is 10.9 Å². The summed E-state index contributed by atoms with van der Waals surface area (Å²) in [6.07, 6.45) is 1.03. The topological polar surface area (TPSA) is 83.8 Å². The van der Waals surface area contributed by atoms with E-state index in [0.717, 1.165) is 37.7 Å². The van der Waals surface area contributed by atoms with Crippen LogP contribution in [0.3, 0.4) is 0 Å². The standard InChI is InChI=1S/C33H41ClN6O2/c1-19-17-40(14-13-35-19)32(38-27-16-26-20(2)30(21(27)3)33(26,4)5)36-23-9-12-25-28(15-23)37-29(39(6)31(25)41)18-42-24-10-7-22(34)8-11-24/h7-12,15,19,21,26-27,30,35H,2,13-14,16-18H2,1,3-6H3,(H,36,38)/t19-,21+,26-,27?,30-/m0/s1. The summed E-state index contributed by atoms with van der Waals surface area (Å²) in [5.41, 5.74) is 3.07. The van der Waals surface area contributed by atoms with Gasteiger partial charge in [0.25, 0.3) is 5.56 Å². The van der Waals surface area contributed by atoms with Gasteiger partial charge in [-0.15, -0.1) is 0 Å². The zero-order chi connectivity index (χ0) is 29.8. The third kappa shape index (κ3) is 5.20. The average molecular weight is 589 g/mol. The van der Waals surface area contributed by atoms with Gasteiger partial charge < -0.3 is 20.3 Å². The van der Waals surface area contributed by atoms with E-state index in [1.807, 2.05) is 18.2 Å². The molecule has 3 saturated carbocycles. The molecule has 0 spiro atoms. The summed E-state index contributed by atoms with van der Waals surface area (Å²) in [5.74, 6) is 3.55. The van der Waals surface area contributed by atoms with Crippen molar-refractivity contribution in [3.05, 3.63) is 75.8 Å². The van der Waals surface area contributed by atoms with Crippen LogP contribution in [0.15, 0.2) is 64.4 Å². The maximum atomic E-state index is 13.2. The first kappa shape index (κ1) is 28.7. The number of nitrogens with one attached hydrogen (secondary N) is 2. The fourth-order valence-electron chi connectivity index (χ4n) is 7.42. The summed E-state index contributed by atoms with van der Waals surface area (Å²) < 4.78 is 7.46. The second-order valence-electron chi connectivity index (χ2n) is 12.8. The van der Waals surface area contributed by atoms with Crippen LogP contribution in [-0.2, 0) is 13.7 Å². The first-order valence-electron chi connectivity index (χ1n) is 14.9. The number of hydrogen-bond acceptors (Lipinski definition) is 5. The molecule has 42 heavy (non-hydrogen) atoms. The molecular weight excluding hydrogens is 548 g/mol. The molecule has 2 bridgehead atoms. The highest BCUT2D eigenvalue weighted by Crippen LogP contribution is 2.64. The van der Waals surface area contributed by atoms with Crippen LogP contribution in [0.2, 0.25) is 5.02 Å². The van der Waals surface area contributed by atoms with E-state index in [1.54, 1.807) is 35.9 Å². The van der Waals surface area contributed by atoms with Crippen molar-refractivity contribution in [2.75, 3.05) is 25.0 Å². The van der Waals surface area contributed by atoms with Gasteiger partial charge in [-0.2, -0.15) is 0 Å². The van der Waals surface area contributed by atoms with Crippen LogP contribution in [0.4, 0.5) is 5.69 Å². The van der Waals surface area contributed by atoms with Gasteiger partial charge in [-0.05, 0) is 79.0 Å². The highest BCUT2D eigenvalue weighted by Gasteiger charge is 2.59. The van der Waals surface area contributed by atoms with Crippen LogP contribution < -0.4 is 20.9 Å². The molecule has 222 valence electrons. The summed E-state index contributed by atoms with van der Waals surface area (Å²) in [7, 11) is 1.73. The lowest BCUT2D eigenvalue weighted by Crippen LogP contribution is -2.58. The maximum Gasteiger partial charge on any atom is 0.261 e. The zero-order valence-electron chi connectivity index (χ0n) is 25.2.